The van der Waals surface area contributed by atoms with E-state index in [2.05, 4.69) is 0 Å². The van der Waals surface area contributed by atoms with Crippen molar-refractivity contribution < 1.29 is 9.59 Å². The van der Waals surface area contributed by atoms with Crippen LogP contribution in [-0.2, 0) is 0 Å². The minimum Gasteiger partial charge on any atom is -0.398 e. The molecule has 2 N–H and O–H groups in total. The van der Waals surface area contributed by atoms with Crippen LogP contribution in [0.1, 0.15) is 51.3 Å². The second kappa shape index (κ2) is 5.29. The van der Waals surface area contributed by atoms with Gasteiger partial charge in [-0.15, -0.1) is 0 Å². The van der Waals surface area contributed by atoms with Crippen LogP contribution in [0.15, 0.2) is 36.4 Å². The molecule has 0 heterocycles. The average Bonchev–Trinajstić information content (AvgIpc) is 2.49. The van der Waals surface area contributed by atoms with E-state index in [1.54, 1.807) is 36.4 Å². The van der Waals surface area contributed by atoms with Crippen molar-refractivity contribution in [3.63, 3.8) is 0 Å². The van der Waals surface area contributed by atoms with Gasteiger partial charge < -0.3 is 5.73 Å². The summed E-state index contributed by atoms with van der Waals surface area (Å²) < 4.78 is 0. The summed E-state index contributed by atoms with van der Waals surface area (Å²) in [7, 11) is 0. The lowest BCUT2D eigenvalue weighted by Crippen LogP contribution is -2.23. The fourth-order valence-corrected chi connectivity index (χ4v) is 2.41. The number of ketones is 2. The Morgan fingerprint density at radius 1 is 0.800 bits per heavy atom. The Hall–Kier alpha value is -2.42. The molecule has 102 valence electrons. The predicted molar refractivity (Wildman–Crippen MR) is 80.2 cm³/mol. The van der Waals surface area contributed by atoms with Crippen molar-refractivity contribution >= 4 is 17.3 Å². The van der Waals surface area contributed by atoms with Crippen molar-refractivity contribution in [1.82, 2.24) is 0 Å². The molecule has 0 saturated heterocycles. The highest BCUT2D eigenvalue weighted by molar-refractivity contribution is 6.30. The molecule has 3 nitrogen and oxygen atoms in total. The Morgan fingerprint density at radius 3 is 1.85 bits per heavy atom. The summed E-state index contributed by atoms with van der Waals surface area (Å²) in [6.07, 6.45) is 0. The molecule has 0 aromatic heterocycles. The second-order valence-electron chi connectivity index (χ2n) is 4.43. The third-order valence-corrected chi connectivity index (χ3v) is 3.32. The molecular weight excluding hydrogens is 250 g/mol. The molecule has 3 heteroatoms. The van der Waals surface area contributed by atoms with E-state index in [0.717, 1.165) is 5.56 Å². The van der Waals surface area contributed by atoms with E-state index in [0.29, 0.717) is 27.9 Å². The van der Waals surface area contributed by atoms with E-state index in [1.807, 2.05) is 20.8 Å². The Labute approximate surface area is 118 Å². The van der Waals surface area contributed by atoms with E-state index in [-0.39, 0.29) is 11.6 Å². The maximum atomic E-state index is 12.4. The lowest BCUT2D eigenvalue weighted by Gasteiger charge is -2.20. The average molecular weight is 267 g/mol. The molecule has 0 bridgehead atoms. The largest absolute Gasteiger partial charge is 0.398 e. The van der Waals surface area contributed by atoms with Crippen LogP contribution < -0.4 is 5.73 Å². The van der Waals surface area contributed by atoms with Crippen molar-refractivity contribution in [2.75, 3.05) is 5.73 Å². The summed E-state index contributed by atoms with van der Waals surface area (Å²) >= 11 is 0. The van der Waals surface area contributed by atoms with Gasteiger partial charge in [-0.05, 0) is 18.6 Å². The second-order valence-corrected chi connectivity index (χ2v) is 4.43. The van der Waals surface area contributed by atoms with Crippen LogP contribution in [0.3, 0.4) is 0 Å². The van der Waals surface area contributed by atoms with Gasteiger partial charge >= 0.3 is 0 Å². The third kappa shape index (κ3) is 1.92. The van der Waals surface area contributed by atoms with Gasteiger partial charge in [0.05, 0.1) is 5.56 Å². The molecule has 2 aromatic rings. The first-order valence-corrected chi connectivity index (χ1v) is 6.68. The number of aryl methyl sites for hydroxylation is 1. The topological polar surface area (TPSA) is 60.2 Å². The van der Waals surface area contributed by atoms with Crippen molar-refractivity contribution in [3.8, 4) is 0 Å². The molecule has 0 atom stereocenters. The Kier molecular flexibility index (Phi) is 3.70. The Morgan fingerprint density at radius 2 is 1.30 bits per heavy atom. The quantitative estimate of drug-likeness (QED) is 0.635. The predicted octanol–water partition coefficient (Wildman–Crippen LogP) is 3.38. The number of anilines is 1. The molecule has 0 spiro atoms. The van der Waals surface area contributed by atoms with Crippen molar-refractivity contribution in [1.29, 1.82) is 0 Å². The standard InChI is InChI=1S/C15H11NO2.C2H6/c1-8-6-7-11(16)13-12(8)14(17)9-4-2-3-5-10(9)15(13)18;1-2/h2-7H,16H2,1H3;1-2H3. The fraction of sp³-hybridized carbons (Fsp3) is 0.176. The number of nitrogen functional groups attached to an aromatic ring is 1. The van der Waals surface area contributed by atoms with Crippen molar-refractivity contribution in [3.05, 3.63) is 64.2 Å². The van der Waals surface area contributed by atoms with Gasteiger partial charge in [0.2, 0.25) is 0 Å². The molecule has 1 aliphatic carbocycles. The summed E-state index contributed by atoms with van der Waals surface area (Å²) in [5.74, 6) is -0.286. The maximum absolute atomic E-state index is 12.4. The first-order valence-electron chi connectivity index (χ1n) is 6.68. The molecule has 0 unspecified atom stereocenters. The molecule has 3 rings (SSSR count). The molecule has 0 radical (unpaired) electrons. The number of hydrogen-bond donors (Lipinski definition) is 1. The monoisotopic (exact) mass is 267 g/mol. The molecule has 20 heavy (non-hydrogen) atoms. The van der Waals surface area contributed by atoms with Gasteiger partial charge in [0, 0.05) is 22.4 Å². The van der Waals surface area contributed by atoms with Crippen LogP contribution in [0.2, 0.25) is 0 Å². The third-order valence-electron chi connectivity index (χ3n) is 3.32. The summed E-state index contributed by atoms with van der Waals surface area (Å²) in [5.41, 5.74) is 8.68. The highest BCUT2D eigenvalue weighted by Gasteiger charge is 2.31. The van der Waals surface area contributed by atoms with Gasteiger partial charge in [0.1, 0.15) is 0 Å². The van der Waals surface area contributed by atoms with Gasteiger partial charge in [0.25, 0.3) is 0 Å². The highest BCUT2D eigenvalue weighted by atomic mass is 16.1. The van der Waals surface area contributed by atoms with Crippen LogP contribution in [0.25, 0.3) is 0 Å². The minimum absolute atomic E-state index is 0.120. The van der Waals surface area contributed by atoms with E-state index in [4.69, 9.17) is 5.73 Å². The van der Waals surface area contributed by atoms with E-state index < -0.39 is 0 Å². The lowest BCUT2D eigenvalue weighted by molar-refractivity contribution is 0.0979. The zero-order valence-corrected chi connectivity index (χ0v) is 11.9. The first-order chi connectivity index (χ1) is 9.61. The number of carbonyl (C=O) groups excluding carboxylic acids is 2. The molecule has 0 amide bonds. The molecule has 0 fully saturated rings. The zero-order valence-electron chi connectivity index (χ0n) is 11.9. The smallest absolute Gasteiger partial charge is 0.196 e. The van der Waals surface area contributed by atoms with Gasteiger partial charge in [-0.1, -0.05) is 44.2 Å². The van der Waals surface area contributed by atoms with Crippen LogP contribution in [0.4, 0.5) is 5.69 Å². The Balaban J connectivity index is 0.000000704. The van der Waals surface area contributed by atoms with Crippen LogP contribution in [0.5, 0.6) is 0 Å². The summed E-state index contributed by atoms with van der Waals surface area (Å²) in [4.78, 5) is 24.8. The van der Waals surface area contributed by atoms with Crippen LogP contribution >= 0.6 is 0 Å². The fourth-order valence-electron chi connectivity index (χ4n) is 2.41. The van der Waals surface area contributed by atoms with E-state index in [1.165, 1.54) is 0 Å². The molecule has 2 aromatic carbocycles. The lowest BCUT2D eigenvalue weighted by atomic mass is 9.81. The number of carbonyl (C=O) groups is 2. The van der Waals surface area contributed by atoms with E-state index >= 15 is 0 Å². The van der Waals surface area contributed by atoms with Crippen LogP contribution in [-0.4, -0.2) is 11.6 Å². The molecule has 1 aliphatic rings. The van der Waals surface area contributed by atoms with Gasteiger partial charge in [-0.3, -0.25) is 9.59 Å². The van der Waals surface area contributed by atoms with Crippen molar-refractivity contribution in [2.24, 2.45) is 0 Å². The summed E-state index contributed by atoms with van der Waals surface area (Å²) in [6, 6.07) is 10.3. The molecule has 0 saturated carbocycles. The van der Waals surface area contributed by atoms with Gasteiger partial charge in [0.15, 0.2) is 11.6 Å². The number of benzene rings is 2. The highest BCUT2D eigenvalue weighted by Crippen LogP contribution is 2.32. The number of nitrogens with two attached hydrogens (primary N) is 1. The Bertz CT molecular complexity index is 642. The summed E-state index contributed by atoms with van der Waals surface area (Å²) in [5, 5.41) is 0. The van der Waals surface area contributed by atoms with Gasteiger partial charge in [-0.25, -0.2) is 0 Å². The first kappa shape index (κ1) is 14.0. The van der Waals surface area contributed by atoms with Crippen molar-refractivity contribution in [2.45, 2.75) is 20.8 Å². The molecular formula is C17H17NO2. The zero-order chi connectivity index (χ0) is 14.9. The minimum atomic E-state index is -0.165. The normalized spacial score (nSPS) is 12.2. The van der Waals surface area contributed by atoms with Crippen LogP contribution in [0, 0.1) is 6.92 Å². The maximum Gasteiger partial charge on any atom is 0.196 e. The van der Waals surface area contributed by atoms with Gasteiger partial charge in [-0.2, -0.15) is 0 Å². The summed E-state index contributed by atoms with van der Waals surface area (Å²) in [6.45, 7) is 5.82. The molecule has 0 aliphatic heterocycles. The SMILES string of the molecule is CC.Cc1ccc(N)c2c1C(=O)c1ccccc1C2=O. The number of hydrogen-bond acceptors (Lipinski definition) is 3. The number of rotatable bonds is 0. The number of fused-ring (bicyclic) bond motifs is 2. The van der Waals surface area contributed by atoms with E-state index in [9.17, 15) is 9.59 Å².